The van der Waals surface area contributed by atoms with Crippen LogP contribution in [0.5, 0.6) is 0 Å². The van der Waals surface area contributed by atoms with Crippen LogP contribution in [-0.4, -0.2) is 5.11 Å². The molecule has 0 amide bonds. The Balaban J connectivity index is 0.000000161. The van der Waals surface area contributed by atoms with Crippen LogP contribution in [0.4, 0.5) is 0 Å². The molecule has 0 saturated heterocycles. The highest BCUT2D eigenvalue weighted by atomic mass is 16.3. The maximum Gasteiger partial charge on any atom is 0.0681 e. The second kappa shape index (κ2) is 8.80. The predicted molar refractivity (Wildman–Crippen MR) is 125 cm³/mol. The van der Waals surface area contributed by atoms with Gasteiger partial charge in [-0.05, 0) is 75.4 Å². The standard InChI is InChI=1S/C18H16.C10H14O/c1-3-7-15-13(5-1)9-11-18-16-8-4-2-6-14(16)10-12-17(15)18;1-8(2)10-5-3-9(7-11)4-6-10/h1,3,5,7,9-12H,2,4,6,8H2;3-6,8,11H,7H2,1-2H3. The molecule has 0 radical (unpaired) electrons. The van der Waals surface area contributed by atoms with E-state index >= 15 is 0 Å². The first-order valence-electron chi connectivity index (χ1n) is 10.8. The number of aryl methyl sites for hydroxylation is 2. The van der Waals surface area contributed by atoms with Gasteiger partial charge in [0.15, 0.2) is 0 Å². The summed E-state index contributed by atoms with van der Waals surface area (Å²) in [7, 11) is 0. The van der Waals surface area contributed by atoms with E-state index in [0.29, 0.717) is 5.92 Å². The molecule has 1 aliphatic rings. The minimum atomic E-state index is 0.137. The van der Waals surface area contributed by atoms with Crippen LogP contribution in [-0.2, 0) is 19.4 Å². The first-order valence-corrected chi connectivity index (χ1v) is 10.8. The minimum Gasteiger partial charge on any atom is -0.392 e. The Kier molecular flexibility index (Phi) is 5.97. The average molecular weight is 383 g/mol. The number of benzene rings is 4. The van der Waals surface area contributed by atoms with Gasteiger partial charge in [0.1, 0.15) is 0 Å². The summed E-state index contributed by atoms with van der Waals surface area (Å²) < 4.78 is 0. The van der Waals surface area contributed by atoms with Crippen molar-refractivity contribution in [2.24, 2.45) is 0 Å². The molecule has 0 bridgehead atoms. The molecule has 0 unspecified atom stereocenters. The number of fused-ring (bicyclic) bond motifs is 5. The molecule has 1 heteroatoms. The van der Waals surface area contributed by atoms with Gasteiger partial charge >= 0.3 is 0 Å². The van der Waals surface area contributed by atoms with Crippen LogP contribution in [0.25, 0.3) is 21.5 Å². The normalized spacial score (nSPS) is 13.2. The lowest BCUT2D eigenvalue weighted by Crippen LogP contribution is -2.02. The van der Waals surface area contributed by atoms with Gasteiger partial charge in [-0.25, -0.2) is 0 Å². The zero-order chi connectivity index (χ0) is 20.2. The highest BCUT2D eigenvalue weighted by Gasteiger charge is 2.13. The molecule has 0 aliphatic heterocycles. The second-order valence-corrected chi connectivity index (χ2v) is 8.35. The first-order chi connectivity index (χ1) is 14.2. The van der Waals surface area contributed by atoms with E-state index in [-0.39, 0.29) is 6.61 Å². The zero-order valence-corrected chi connectivity index (χ0v) is 17.5. The summed E-state index contributed by atoms with van der Waals surface area (Å²) in [6.45, 7) is 4.46. The van der Waals surface area contributed by atoms with Gasteiger partial charge in [-0.15, -0.1) is 0 Å². The molecule has 0 spiro atoms. The van der Waals surface area contributed by atoms with E-state index < -0.39 is 0 Å². The molecule has 0 aromatic heterocycles. The third-order valence-electron chi connectivity index (χ3n) is 6.09. The minimum absolute atomic E-state index is 0.137. The summed E-state index contributed by atoms with van der Waals surface area (Å²) in [4.78, 5) is 0. The van der Waals surface area contributed by atoms with Crippen molar-refractivity contribution in [1.29, 1.82) is 0 Å². The third kappa shape index (κ3) is 4.21. The van der Waals surface area contributed by atoms with E-state index in [0.717, 1.165) is 5.56 Å². The molecule has 0 atom stereocenters. The lowest BCUT2D eigenvalue weighted by atomic mass is 9.86. The van der Waals surface area contributed by atoms with Gasteiger partial charge in [0, 0.05) is 0 Å². The predicted octanol–water partition coefficient (Wildman–Crippen LogP) is 7.17. The molecule has 0 saturated carbocycles. The lowest BCUT2D eigenvalue weighted by Gasteiger charge is -2.18. The summed E-state index contributed by atoms with van der Waals surface area (Å²) in [5.74, 6) is 0.572. The van der Waals surface area contributed by atoms with E-state index in [1.54, 1.807) is 11.1 Å². The third-order valence-corrected chi connectivity index (χ3v) is 6.09. The molecule has 1 aliphatic carbocycles. The van der Waals surface area contributed by atoms with Gasteiger partial charge in [-0.3, -0.25) is 0 Å². The molecular weight excluding hydrogens is 352 g/mol. The SMILES string of the molecule is CC(C)c1ccc(CO)cc1.c1ccc2c(c1)ccc1c3c(ccc12)CCCC3. The Morgan fingerprint density at radius 3 is 2.21 bits per heavy atom. The monoisotopic (exact) mass is 382 g/mol. The van der Waals surface area contributed by atoms with Gasteiger partial charge in [-0.2, -0.15) is 0 Å². The highest BCUT2D eigenvalue weighted by Crippen LogP contribution is 2.33. The molecule has 4 aromatic carbocycles. The fourth-order valence-electron chi connectivity index (χ4n) is 4.35. The summed E-state index contributed by atoms with van der Waals surface area (Å²) in [6, 6.07) is 26.0. The molecule has 148 valence electrons. The van der Waals surface area contributed by atoms with Crippen LogP contribution < -0.4 is 0 Å². The molecule has 1 nitrogen and oxygen atoms in total. The molecule has 4 aromatic rings. The molecule has 0 fully saturated rings. The van der Waals surface area contributed by atoms with Crippen molar-refractivity contribution in [3.8, 4) is 0 Å². The second-order valence-electron chi connectivity index (χ2n) is 8.35. The number of aliphatic hydroxyl groups excluding tert-OH is 1. The largest absolute Gasteiger partial charge is 0.392 e. The molecule has 5 rings (SSSR count). The Morgan fingerprint density at radius 2 is 1.45 bits per heavy atom. The van der Waals surface area contributed by atoms with Gasteiger partial charge < -0.3 is 5.11 Å². The molecule has 29 heavy (non-hydrogen) atoms. The maximum absolute atomic E-state index is 8.77. The van der Waals surface area contributed by atoms with Crippen molar-refractivity contribution in [3.63, 3.8) is 0 Å². The van der Waals surface area contributed by atoms with Crippen LogP contribution in [0.3, 0.4) is 0 Å². The Labute approximate surface area is 174 Å². The summed E-state index contributed by atoms with van der Waals surface area (Å²) in [5.41, 5.74) is 5.48. The number of aliphatic hydroxyl groups is 1. The van der Waals surface area contributed by atoms with Crippen molar-refractivity contribution < 1.29 is 5.11 Å². The van der Waals surface area contributed by atoms with Crippen molar-refractivity contribution in [2.45, 2.75) is 52.1 Å². The van der Waals surface area contributed by atoms with Crippen molar-refractivity contribution >= 4 is 21.5 Å². The smallest absolute Gasteiger partial charge is 0.0681 e. The number of rotatable bonds is 2. The van der Waals surface area contributed by atoms with E-state index in [1.165, 1.54) is 52.8 Å². The number of hydrogen-bond acceptors (Lipinski definition) is 1. The Hall–Kier alpha value is -2.64. The van der Waals surface area contributed by atoms with Crippen molar-refractivity contribution in [3.05, 3.63) is 95.1 Å². The van der Waals surface area contributed by atoms with E-state index in [2.05, 4.69) is 74.5 Å². The first kappa shape index (κ1) is 19.7. The zero-order valence-electron chi connectivity index (χ0n) is 17.5. The van der Waals surface area contributed by atoms with Gasteiger partial charge in [-0.1, -0.05) is 86.6 Å². The van der Waals surface area contributed by atoms with Crippen molar-refractivity contribution in [2.75, 3.05) is 0 Å². The lowest BCUT2D eigenvalue weighted by molar-refractivity contribution is 0.282. The van der Waals surface area contributed by atoms with Crippen molar-refractivity contribution in [1.82, 2.24) is 0 Å². The molecule has 1 N–H and O–H groups in total. The quantitative estimate of drug-likeness (QED) is 0.364. The van der Waals surface area contributed by atoms with Gasteiger partial charge in [0.25, 0.3) is 0 Å². The Bertz CT molecular complexity index is 1110. The van der Waals surface area contributed by atoms with Gasteiger partial charge in [0.05, 0.1) is 6.61 Å². The van der Waals surface area contributed by atoms with E-state index in [9.17, 15) is 0 Å². The summed E-state index contributed by atoms with van der Waals surface area (Å²) in [6.07, 6.45) is 5.22. The Morgan fingerprint density at radius 1 is 0.724 bits per heavy atom. The summed E-state index contributed by atoms with van der Waals surface area (Å²) >= 11 is 0. The topological polar surface area (TPSA) is 20.2 Å². The highest BCUT2D eigenvalue weighted by molar-refractivity contribution is 6.08. The number of hydrogen-bond donors (Lipinski definition) is 1. The van der Waals surface area contributed by atoms with Crippen LogP contribution in [0.15, 0.2) is 72.8 Å². The van der Waals surface area contributed by atoms with E-state index in [4.69, 9.17) is 5.11 Å². The maximum atomic E-state index is 8.77. The molecular formula is C28H30O. The van der Waals surface area contributed by atoms with E-state index in [1.807, 2.05) is 12.1 Å². The fourth-order valence-corrected chi connectivity index (χ4v) is 4.35. The average Bonchev–Trinajstić information content (AvgIpc) is 2.79. The van der Waals surface area contributed by atoms with Gasteiger partial charge in [0.2, 0.25) is 0 Å². The molecule has 0 heterocycles. The van der Waals surface area contributed by atoms with Crippen LogP contribution in [0.1, 0.15) is 54.9 Å². The van der Waals surface area contributed by atoms with Crippen LogP contribution >= 0.6 is 0 Å². The van der Waals surface area contributed by atoms with Crippen LogP contribution in [0.2, 0.25) is 0 Å². The summed E-state index contributed by atoms with van der Waals surface area (Å²) in [5, 5.41) is 14.4. The fraction of sp³-hybridized carbons (Fsp3) is 0.286. The van der Waals surface area contributed by atoms with Crippen LogP contribution in [0, 0.1) is 0 Å².